The molecule has 2 aromatic heterocycles. The molecule has 0 saturated carbocycles. The number of nitrogens with zero attached hydrogens (tertiary/aromatic N) is 2. The Labute approximate surface area is 105 Å². The Morgan fingerprint density at radius 1 is 1.43 bits per heavy atom. The summed E-state index contributed by atoms with van der Waals surface area (Å²) in [6, 6.07) is 5.93. The van der Waals surface area contributed by atoms with Crippen molar-refractivity contribution in [3.8, 4) is 0 Å². The molecule has 0 aliphatic carbocycles. The van der Waals surface area contributed by atoms with Crippen molar-refractivity contribution in [2.24, 2.45) is 0 Å². The normalized spacial score (nSPS) is 9.43. The van der Waals surface area contributed by atoms with Gasteiger partial charge in [0, 0.05) is 38.9 Å². The molecular formula is C9H5N2O2Y-. The fourth-order valence-electron chi connectivity index (χ4n) is 1.03. The summed E-state index contributed by atoms with van der Waals surface area (Å²) < 4.78 is 0. The average Bonchev–Trinajstić information content (AvgIpc) is 2.17. The molecule has 0 aliphatic rings. The van der Waals surface area contributed by atoms with Crippen LogP contribution in [-0.4, -0.2) is 21.0 Å². The summed E-state index contributed by atoms with van der Waals surface area (Å²) in [5, 5.41) is 9.36. The Balaban J connectivity index is 0.000000980. The number of pyridine rings is 2. The molecule has 0 saturated heterocycles. The van der Waals surface area contributed by atoms with Crippen LogP contribution in [0.25, 0.3) is 11.0 Å². The van der Waals surface area contributed by atoms with E-state index < -0.39 is 5.97 Å². The van der Waals surface area contributed by atoms with Crippen molar-refractivity contribution >= 4 is 17.0 Å². The van der Waals surface area contributed by atoms with E-state index in [0.29, 0.717) is 11.0 Å². The van der Waals surface area contributed by atoms with Gasteiger partial charge in [0.15, 0.2) is 0 Å². The van der Waals surface area contributed by atoms with Crippen molar-refractivity contribution in [2.45, 2.75) is 0 Å². The van der Waals surface area contributed by atoms with Crippen molar-refractivity contribution in [3.63, 3.8) is 0 Å². The molecule has 0 spiro atoms. The van der Waals surface area contributed by atoms with Gasteiger partial charge in [0.25, 0.3) is 0 Å². The molecular weight excluding hydrogens is 257 g/mol. The molecule has 2 heterocycles. The third-order valence-electron chi connectivity index (χ3n) is 1.64. The van der Waals surface area contributed by atoms with Crippen molar-refractivity contribution in [1.29, 1.82) is 0 Å². The number of hydrogen-bond acceptors (Lipinski definition) is 3. The summed E-state index contributed by atoms with van der Waals surface area (Å²) in [5.41, 5.74) is 0.692. The van der Waals surface area contributed by atoms with E-state index in [1.807, 2.05) is 0 Å². The van der Waals surface area contributed by atoms with Crippen LogP contribution in [0.2, 0.25) is 0 Å². The summed E-state index contributed by atoms with van der Waals surface area (Å²) in [6.07, 6.45) is 2.79. The number of carbonyl (C=O) groups is 1. The van der Waals surface area contributed by atoms with Gasteiger partial charge in [0.2, 0.25) is 0 Å². The summed E-state index contributed by atoms with van der Waals surface area (Å²) in [7, 11) is 0. The van der Waals surface area contributed by atoms with Crippen LogP contribution >= 0.6 is 0 Å². The molecule has 0 aromatic carbocycles. The van der Waals surface area contributed by atoms with Gasteiger partial charge in [-0.05, 0) is 0 Å². The largest absolute Gasteiger partial charge is 0.478 e. The predicted octanol–water partition coefficient (Wildman–Crippen LogP) is 1.13. The zero-order chi connectivity index (χ0) is 9.26. The molecule has 0 bridgehead atoms. The van der Waals surface area contributed by atoms with Gasteiger partial charge in [-0.3, -0.25) is 9.97 Å². The zero-order valence-corrected chi connectivity index (χ0v) is 9.97. The van der Waals surface area contributed by atoms with Gasteiger partial charge in [-0.2, -0.15) is 0 Å². The van der Waals surface area contributed by atoms with E-state index in [1.54, 1.807) is 6.07 Å². The smallest absolute Gasteiger partial charge is 0.335 e. The number of rotatable bonds is 1. The molecule has 1 N–H and O–H groups in total. The van der Waals surface area contributed by atoms with Gasteiger partial charge in [-0.25, -0.2) is 16.9 Å². The van der Waals surface area contributed by atoms with Crippen LogP contribution in [0.5, 0.6) is 0 Å². The Morgan fingerprint density at radius 3 is 2.93 bits per heavy atom. The molecule has 1 radical (unpaired) electrons. The second-order valence-corrected chi connectivity index (χ2v) is 2.51. The quantitative estimate of drug-likeness (QED) is 0.782. The van der Waals surface area contributed by atoms with Crippen molar-refractivity contribution in [3.05, 3.63) is 36.2 Å². The zero-order valence-electron chi connectivity index (χ0n) is 7.14. The summed E-state index contributed by atoms with van der Waals surface area (Å²) in [5.74, 6) is -0.988. The Bertz CT molecular complexity index is 473. The maximum atomic E-state index is 10.6. The maximum absolute atomic E-state index is 10.6. The third kappa shape index (κ3) is 2.14. The number of aromatic nitrogens is 2. The predicted molar refractivity (Wildman–Crippen MR) is 45.3 cm³/mol. The fraction of sp³-hybridized carbons (Fsp3) is 0. The Morgan fingerprint density at radius 2 is 2.21 bits per heavy atom. The van der Waals surface area contributed by atoms with Crippen LogP contribution in [0, 0.1) is 6.07 Å². The molecule has 0 amide bonds. The van der Waals surface area contributed by atoms with E-state index in [4.69, 9.17) is 5.11 Å². The van der Waals surface area contributed by atoms with E-state index in [-0.39, 0.29) is 38.3 Å². The maximum Gasteiger partial charge on any atom is 0.335 e. The number of fused-ring (bicyclic) bond motifs is 1. The fourth-order valence-corrected chi connectivity index (χ4v) is 1.03. The topological polar surface area (TPSA) is 63.1 Å². The van der Waals surface area contributed by atoms with Crippen LogP contribution in [0.3, 0.4) is 0 Å². The van der Waals surface area contributed by atoms with Crippen LogP contribution in [0.4, 0.5) is 0 Å². The second-order valence-electron chi connectivity index (χ2n) is 2.51. The van der Waals surface area contributed by atoms with Crippen molar-refractivity contribution in [2.75, 3.05) is 0 Å². The minimum Gasteiger partial charge on any atom is -0.478 e. The molecule has 0 atom stereocenters. The molecule has 67 valence electrons. The first kappa shape index (κ1) is 11.2. The van der Waals surface area contributed by atoms with Gasteiger partial charge in [-0.15, -0.1) is 11.5 Å². The summed E-state index contributed by atoms with van der Waals surface area (Å²) in [4.78, 5) is 18.4. The van der Waals surface area contributed by atoms with Crippen LogP contribution in [0.1, 0.15) is 10.4 Å². The van der Waals surface area contributed by atoms with E-state index in [9.17, 15) is 4.79 Å². The first-order valence-electron chi connectivity index (χ1n) is 3.62. The van der Waals surface area contributed by atoms with Crippen LogP contribution in [0.15, 0.2) is 24.5 Å². The van der Waals surface area contributed by atoms with E-state index >= 15 is 0 Å². The average molecular weight is 262 g/mol. The van der Waals surface area contributed by atoms with Crippen LogP contribution in [-0.2, 0) is 32.7 Å². The van der Waals surface area contributed by atoms with Gasteiger partial charge in [0.1, 0.15) is 0 Å². The SMILES string of the molecule is O=C(O)c1cnc2nc[c-]cc2c1.[Y]. The Hall–Kier alpha value is -0.866. The minimum atomic E-state index is -0.988. The van der Waals surface area contributed by atoms with Crippen molar-refractivity contribution < 1.29 is 42.6 Å². The van der Waals surface area contributed by atoms with Gasteiger partial charge in [0.05, 0.1) is 11.2 Å². The molecule has 4 nitrogen and oxygen atoms in total. The number of aromatic carboxylic acids is 1. The van der Waals surface area contributed by atoms with Crippen molar-refractivity contribution in [1.82, 2.24) is 9.97 Å². The Kier molecular flexibility index (Phi) is 3.66. The minimum absolute atomic E-state index is 0. The number of carboxylic acid groups (broad SMARTS) is 1. The van der Waals surface area contributed by atoms with Gasteiger partial charge >= 0.3 is 5.97 Å². The van der Waals surface area contributed by atoms with E-state index in [0.717, 1.165) is 0 Å². The first-order valence-corrected chi connectivity index (χ1v) is 3.62. The molecule has 0 fully saturated rings. The molecule has 0 aliphatic heterocycles. The van der Waals surface area contributed by atoms with Gasteiger partial charge in [-0.1, -0.05) is 6.20 Å². The monoisotopic (exact) mass is 262 g/mol. The first-order chi connectivity index (χ1) is 6.27. The number of carboxylic acids is 1. The molecule has 14 heavy (non-hydrogen) atoms. The third-order valence-corrected chi connectivity index (χ3v) is 1.64. The standard InChI is InChI=1S/C9H5N2O2.Y/c12-9(13)7-4-6-2-1-3-10-8(6)11-5-7;/h2-5H,(H,12,13);/q-1;. The summed E-state index contributed by atoms with van der Waals surface area (Å²) >= 11 is 0. The van der Waals surface area contributed by atoms with E-state index in [1.165, 1.54) is 18.5 Å². The molecule has 2 rings (SSSR count). The van der Waals surface area contributed by atoms with Gasteiger partial charge < -0.3 is 5.11 Å². The summed E-state index contributed by atoms with van der Waals surface area (Å²) in [6.45, 7) is 0. The second kappa shape index (κ2) is 4.57. The van der Waals surface area contributed by atoms with E-state index in [2.05, 4.69) is 16.0 Å². The molecule has 5 heteroatoms. The van der Waals surface area contributed by atoms with Crippen LogP contribution < -0.4 is 0 Å². The molecule has 2 aromatic rings. The molecule has 0 unspecified atom stereocenters. The number of hydrogen-bond donors (Lipinski definition) is 1.